The molecule has 0 aliphatic heterocycles. The van der Waals surface area contributed by atoms with Crippen LogP contribution in [0.5, 0.6) is 17.2 Å². The highest BCUT2D eigenvalue weighted by Gasteiger charge is 2.12. The molecule has 0 amide bonds. The number of nitrogen functional groups attached to an aromatic ring is 1. The Morgan fingerprint density at radius 3 is 2.38 bits per heavy atom. The van der Waals surface area contributed by atoms with E-state index in [2.05, 4.69) is 0 Å². The first kappa shape index (κ1) is 14.6. The van der Waals surface area contributed by atoms with E-state index in [9.17, 15) is 10.1 Å². The second kappa shape index (κ2) is 6.60. The van der Waals surface area contributed by atoms with Crippen LogP contribution < -0.4 is 15.2 Å². The van der Waals surface area contributed by atoms with Crippen LogP contribution in [0, 0.1) is 10.1 Å². The topological polar surface area (TPSA) is 87.6 Å². The smallest absolute Gasteiger partial charge is 0.276 e. The van der Waals surface area contributed by atoms with Crippen LogP contribution in [0.3, 0.4) is 0 Å². The van der Waals surface area contributed by atoms with Crippen molar-refractivity contribution in [2.45, 2.75) is 13.3 Å². The number of hydrogen-bond acceptors (Lipinski definition) is 5. The summed E-state index contributed by atoms with van der Waals surface area (Å²) in [5, 5.41) is 11.0. The summed E-state index contributed by atoms with van der Waals surface area (Å²) in [4.78, 5) is 10.5. The van der Waals surface area contributed by atoms with Gasteiger partial charge in [-0.3, -0.25) is 10.1 Å². The monoisotopic (exact) mass is 288 g/mol. The number of ether oxygens (including phenoxy) is 2. The first-order valence-electron chi connectivity index (χ1n) is 6.54. The Labute approximate surface area is 122 Å². The van der Waals surface area contributed by atoms with Crippen LogP contribution >= 0.6 is 0 Å². The molecule has 21 heavy (non-hydrogen) atoms. The number of nitro benzene ring substituents is 1. The Balaban J connectivity index is 2.26. The van der Waals surface area contributed by atoms with E-state index >= 15 is 0 Å². The van der Waals surface area contributed by atoms with Crippen LogP contribution in [0.25, 0.3) is 0 Å². The van der Waals surface area contributed by atoms with E-state index in [1.807, 2.05) is 6.92 Å². The zero-order valence-corrected chi connectivity index (χ0v) is 11.6. The van der Waals surface area contributed by atoms with Crippen LogP contribution in [0.2, 0.25) is 0 Å². The van der Waals surface area contributed by atoms with E-state index in [1.54, 1.807) is 30.3 Å². The van der Waals surface area contributed by atoms with Crippen molar-refractivity contribution >= 4 is 11.4 Å². The Bertz CT molecular complexity index is 626. The van der Waals surface area contributed by atoms with Crippen molar-refractivity contribution in [3.05, 3.63) is 52.6 Å². The summed E-state index contributed by atoms with van der Waals surface area (Å²) in [6, 6.07) is 11.1. The summed E-state index contributed by atoms with van der Waals surface area (Å²) >= 11 is 0. The number of nitro groups is 1. The maximum atomic E-state index is 11.0. The van der Waals surface area contributed by atoms with Crippen molar-refractivity contribution in [3.8, 4) is 17.2 Å². The van der Waals surface area contributed by atoms with Crippen molar-refractivity contribution in [2.75, 3.05) is 12.3 Å². The van der Waals surface area contributed by atoms with Crippen LogP contribution in [-0.2, 0) is 0 Å². The van der Waals surface area contributed by atoms with Gasteiger partial charge in [-0.15, -0.1) is 0 Å². The van der Waals surface area contributed by atoms with Crippen LogP contribution in [0.1, 0.15) is 13.3 Å². The van der Waals surface area contributed by atoms with E-state index in [-0.39, 0.29) is 5.69 Å². The van der Waals surface area contributed by atoms with Crippen LogP contribution in [0.4, 0.5) is 11.4 Å². The molecule has 0 aliphatic rings. The van der Waals surface area contributed by atoms with E-state index in [0.717, 1.165) is 6.42 Å². The molecule has 0 saturated heterocycles. The molecular weight excluding hydrogens is 272 g/mol. The molecule has 0 radical (unpaired) electrons. The number of benzene rings is 2. The van der Waals surface area contributed by atoms with Gasteiger partial charge in [-0.25, -0.2) is 0 Å². The van der Waals surface area contributed by atoms with Crippen LogP contribution in [0.15, 0.2) is 42.5 Å². The Kier molecular flexibility index (Phi) is 4.61. The number of nitrogens with zero attached hydrogens (tertiary/aromatic N) is 1. The SMILES string of the molecule is CCCOc1cc(Oc2ccc(N)cc2)cc([N+](=O)[O-])c1. The lowest BCUT2D eigenvalue weighted by Gasteiger charge is -2.09. The number of nitrogens with two attached hydrogens (primary N) is 1. The second-order valence-corrected chi connectivity index (χ2v) is 4.44. The highest BCUT2D eigenvalue weighted by atomic mass is 16.6. The quantitative estimate of drug-likeness (QED) is 0.496. The van der Waals surface area contributed by atoms with E-state index in [1.165, 1.54) is 12.1 Å². The summed E-state index contributed by atoms with van der Waals surface area (Å²) in [5.41, 5.74) is 6.14. The lowest BCUT2D eigenvalue weighted by atomic mass is 10.2. The van der Waals surface area contributed by atoms with Gasteiger partial charge in [-0.2, -0.15) is 0 Å². The summed E-state index contributed by atoms with van der Waals surface area (Å²) in [6.07, 6.45) is 0.816. The molecule has 2 aromatic carbocycles. The fraction of sp³-hybridized carbons (Fsp3) is 0.200. The lowest BCUT2D eigenvalue weighted by molar-refractivity contribution is -0.385. The second-order valence-electron chi connectivity index (χ2n) is 4.44. The molecular formula is C15H16N2O4. The minimum Gasteiger partial charge on any atom is -0.493 e. The van der Waals surface area contributed by atoms with Gasteiger partial charge in [0.05, 0.1) is 23.7 Å². The molecule has 0 heterocycles. The standard InChI is InChI=1S/C15H16N2O4/c1-2-7-20-14-8-12(17(18)19)9-15(10-14)21-13-5-3-11(16)4-6-13/h3-6,8-10H,2,7,16H2,1H3. The van der Waals surface area contributed by atoms with Crippen molar-refractivity contribution in [1.82, 2.24) is 0 Å². The molecule has 110 valence electrons. The van der Waals surface area contributed by atoms with Gasteiger partial charge in [0, 0.05) is 11.8 Å². The Morgan fingerprint density at radius 2 is 1.76 bits per heavy atom. The average Bonchev–Trinajstić information content (AvgIpc) is 2.47. The minimum absolute atomic E-state index is 0.0750. The first-order valence-corrected chi connectivity index (χ1v) is 6.54. The van der Waals surface area contributed by atoms with Gasteiger partial charge in [0.25, 0.3) is 5.69 Å². The molecule has 0 aliphatic carbocycles. The van der Waals surface area contributed by atoms with Crippen LogP contribution in [-0.4, -0.2) is 11.5 Å². The third kappa shape index (κ3) is 4.10. The fourth-order valence-electron chi connectivity index (χ4n) is 1.70. The molecule has 0 aromatic heterocycles. The zero-order chi connectivity index (χ0) is 15.2. The first-order chi connectivity index (χ1) is 10.1. The highest BCUT2D eigenvalue weighted by molar-refractivity contribution is 5.48. The molecule has 0 bridgehead atoms. The minimum atomic E-state index is -0.478. The van der Waals surface area contributed by atoms with Gasteiger partial charge in [-0.05, 0) is 30.7 Å². The molecule has 6 nitrogen and oxygen atoms in total. The number of anilines is 1. The molecule has 0 unspecified atom stereocenters. The zero-order valence-electron chi connectivity index (χ0n) is 11.6. The molecule has 2 N–H and O–H groups in total. The van der Waals surface area contributed by atoms with E-state index in [0.29, 0.717) is 29.5 Å². The summed E-state index contributed by atoms with van der Waals surface area (Å²) in [7, 11) is 0. The van der Waals surface area contributed by atoms with E-state index < -0.39 is 4.92 Å². The largest absolute Gasteiger partial charge is 0.493 e. The van der Waals surface area contributed by atoms with Gasteiger partial charge >= 0.3 is 0 Å². The van der Waals surface area contributed by atoms with Crippen molar-refractivity contribution in [1.29, 1.82) is 0 Å². The summed E-state index contributed by atoms with van der Waals surface area (Å²) < 4.78 is 11.0. The molecule has 6 heteroatoms. The van der Waals surface area contributed by atoms with Gasteiger partial charge in [0.15, 0.2) is 0 Å². The van der Waals surface area contributed by atoms with E-state index in [4.69, 9.17) is 15.2 Å². The van der Waals surface area contributed by atoms with Crippen molar-refractivity contribution in [3.63, 3.8) is 0 Å². The maximum absolute atomic E-state index is 11.0. The Hall–Kier alpha value is -2.76. The highest BCUT2D eigenvalue weighted by Crippen LogP contribution is 2.31. The molecule has 0 spiro atoms. The predicted molar refractivity (Wildman–Crippen MR) is 79.8 cm³/mol. The van der Waals surface area contributed by atoms with Gasteiger partial charge < -0.3 is 15.2 Å². The predicted octanol–water partition coefficient (Wildman–Crippen LogP) is 3.76. The third-order valence-electron chi connectivity index (χ3n) is 2.66. The van der Waals surface area contributed by atoms with Crippen molar-refractivity contribution in [2.24, 2.45) is 0 Å². The lowest BCUT2D eigenvalue weighted by Crippen LogP contribution is -1.97. The molecule has 0 fully saturated rings. The number of non-ortho nitro benzene ring substituents is 1. The van der Waals surface area contributed by atoms with Gasteiger partial charge in [0.2, 0.25) is 0 Å². The Morgan fingerprint density at radius 1 is 1.10 bits per heavy atom. The number of hydrogen-bond donors (Lipinski definition) is 1. The molecule has 0 atom stereocenters. The third-order valence-corrected chi connectivity index (χ3v) is 2.66. The van der Waals surface area contributed by atoms with Gasteiger partial charge in [-0.1, -0.05) is 6.92 Å². The normalized spacial score (nSPS) is 10.1. The molecule has 0 saturated carbocycles. The van der Waals surface area contributed by atoms with Crippen molar-refractivity contribution < 1.29 is 14.4 Å². The van der Waals surface area contributed by atoms with Gasteiger partial charge in [0.1, 0.15) is 17.2 Å². The summed E-state index contributed by atoms with van der Waals surface area (Å²) in [6.45, 7) is 2.45. The molecule has 2 rings (SSSR count). The molecule has 2 aromatic rings. The maximum Gasteiger partial charge on any atom is 0.276 e. The average molecular weight is 288 g/mol. The summed E-state index contributed by atoms with van der Waals surface area (Å²) in [5.74, 6) is 1.31. The fourth-order valence-corrected chi connectivity index (χ4v) is 1.70. The number of rotatable bonds is 6.